The van der Waals surface area contributed by atoms with E-state index >= 15 is 0 Å². The van der Waals surface area contributed by atoms with Crippen molar-refractivity contribution >= 4 is 17.9 Å². The first-order valence-corrected chi connectivity index (χ1v) is 7.40. The highest BCUT2D eigenvalue weighted by molar-refractivity contribution is 5.86. The molecule has 0 aliphatic heterocycles. The molecule has 1 atom stereocenters. The number of hydrogen-bond donors (Lipinski definition) is 3. The van der Waals surface area contributed by atoms with Crippen molar-refractivity contribution < 1.29 is 19.5 Å². The Morgan fingerprint density at radius 3 is 2.29 bits per heavy atom. The van der Waals surface area contributed by atoms with Crippen LogP contribution in [0, 0.1) is 5.92 Å². The van der Waals surface area contributed by atoms with Crippen molar-refractivity contribution in [3.05, 3.63) is 0 Å². The Hall–Kier alpha value is -1.79. The van der Waals surface area contributed by atoms with E-state index in [9.17, 15) is 14.4 Å². The maximum atomic E-state index is 11.8. The lowest BCUT2D eigenvalue weighted by molar-refractivity contribution is -0.142. The topological polar surface area (TPSA) is 98.7 Å². The van der Waals surface area contributed by atoms with Crippen molar-refractivity contribution in [2.24, 2.45) is 5.92 Å². The Morgan fingerprint density at radius 2 is 1.81 bits per heavy atom. The minimum Gasteiger partial charge on any atom is -0.481 e. The van der Waals surface area contributed by atoms with Crippen molar-refractivity contribution in [3.8, 4) is 0 Å². The number of amides is 3. The van der Waals surface area contributed by atoms with Crippen molar-refractivity contribution in [2.75, 3.05) is 13.6 Å². The summed E-state index contributed by atoms with van der Waals surface area (Å²) in [7, 11) is 1.69. The van der Waals surface area contributed by atoms with Gasteiger partial charge in [0.15, 0.2) is 0 Å². The van der Waals surface area contributed by atoms with Crippen LogP contribution in [-0.4, -0.2) is 53.6 Å². The molecule has 0 spiro atoms. The molecule has 0 aromatic carbocycles. The molecule has 0 heterocycles. The van der Waals surface area contributed by atoms with Gasteiger partial charge in [-0.2, -0.15) is 0 Å². The van der Waals surface area contributed by atoms with Gasteiger partial charge in [-0.3, -0.25) is 9.59 Å². The number of carbonyl (C=O) groups is 3. The average molecular weight is 299 g/mol. The fraction of sp³-hybridized carbons (Fsp3) is 0.786. The number of carbonyl (C=O) groups excluding carboxylic acids is 2. The van der Waals surface area contributed by atoms with Crippen LogP contribution in [0.4, 0.5) is 4.79 Å². The predicted octanol–water partition coefficient (Wildman–Crippen LogP) is 0.796. The van der Waals surface area contributed by atoms with E-state index in [1.165, 1.54) is 0 Å². The van der Waals surface area contributed by atoms with E-state index in [-0.39, 0.29) is 23.9 Å². The lowest BCUT2D eigenvalue weighted by atomic mass is 9.86. The van der Waals surface area contributed by atoms with Gasteiger partial charge in [-0.15, -0.1) is 0 Å². The Bertz CT molecular complexity index is 392. The largest absolute Gasteiger partial charge is 0.481 e. The second-order valence-corrected chi connectivity index (χ2v) is 5.58. The highest BCUT2D eigenvalue weighted by atomic mass is 16.4. The van der Waals surface area contributed by atoms with Gasteiger partial charge in [0, 0.05) is 19.6 Å². The number of likely N-dealkylation sites (N-methyl/N-ethyl adjacent to an activating group) is 1. The summed E-state index contributed by atoms with van der Waals surface area (Å²) in [6.07, 6.45) is 2.46. The molecule has 3 amide bonds. The van der Waals surface area contributed by atoms with Crippen LogP contribution in [0.1, 0.15) is 39.5 Å². The molecule has 1 rings (SSSR count). The number of carboxylic acids is 1. The summed E-state index contributed by atoms with van der Waals surface area (Å²) >= 11 is 0. The van der Waals surface area contributed by atoms with Crippen LogP contribution in [0.2, 0.25) is 0 Å². The number of hydrogen-bond acceptors (Lipinski definition) is 3. The highest BCUT2D eigenvalue weighted by Crippen LogP contribution is 2.24. The van der Waals surface area contributed by atoms with Crippen molar-refractivity contribution in [2.45, 2.75) is 51.6 Å². The summed E-state index contributed by atoms with van der Waals surface area (Å²) in [4.78, 5) is 36.1. The summed E-state index contributed by atoms with van der Waals surface area (Å²) in [5.74, 6) is -1.20. The molecule has 1 aliphatic rings. The van der Waals surface area contributed by atoms with E-state index in [0.29, 0.717) is 32.2 Å². The van der Waals surface area contributed by atoms with Gasteiger partial charge in [-0.1, -0.05) is 0 Å². The highest BCUT2D eigenvalue weighted by Gasteiger charge is 2.27. The lowest BCUT2D eigenvalue weighted by Crippen LogP contribution is -2.51. The average Bonchev–Trinajstić information content (AvgIpc) is 2.45. The van der Waals surface area contributed by atoms with Gasteiger partial charge in [-0.25, -0.2) is 4.79 Å². The number of aliphatic carboxylic acids is 1. The SMILES string of the molecule is CCN(C)C(=O)C(C)NC(=O)NC1CCC(C(=O)O)CC1. The smallest absolute Gasteiger partial charge is 0.315 e. The zero-order valence-corrected chi connectivity index (χ0v) is 12.9. The summed E-state index contributed by atoms with van der Waals surface area (Å²) in [5, 5.41) is 14.3. The van der Waals surface area contributed by atoms with Gasteiger partial charge < -0.3 is 20.6 Å². The number of carboxylic acid groups (broad SMARTS) is 1. The van der Waals surface area contributed by atoms with E-state index in [2.05, 4.69) is 10.6 Å². The first-order chi connectivity index (χ1) is 9.85. The fourth-order valence-corrected chi connectivity index (χ4v) is 2.46. The molecular formula is C14H25N3O4. The molecule has 1 saturated carbocycles. The summed E-state index contributed by atoms with van der Waals surface area (Å²) in [5.41, 5.74) is 0. The normalized spacial score (nSPS) is 23.0. The third-order valence-corrected chi connectivity index (χ3v) is 3.98. The fourth-order valence-electron chi connectivity index (χ4n) is 2.46. The second-order valence-electron chi connectivity index (χ2n) is 5.58. The molecule has 21 heavy (non-hydrogen) atoms. The van der Waals surface area contributed by atoms with Gasteiger partial charge >= 0.3 is 12.0 Å². The standard InChI is InChI=1S/C14H25N3O4/c1-4-17(3)12(18)9(2)15-14(21)16-11-7-5-10(6-8-11)13(19)20/h9-11H,4-8H2,1-3H3,(H,19,20)(H2,15,16,21). The van der Waals surface area contributed by atoms with E-state index in [1.54, 1.807) is 18.9 Å². The zero-order chi connectivity index (χ0) is 16.0. The molecule has 0 bridgehead atoms. The molecule has 0 aromatic heterocycles. The van der Waals surface area contributed by atoms with Gasteiger partial charge in [-0.05, 0) is 39.5 Å². The zero-order valence-electron chi connectivity index (χ0n) is 12.9. The van der Waals surface area contributed by atoms with Crippen LogP contribution in [0.15, 0.2) is 0 Å². The Balaban J connectivity index is 2.34. The van der Waals surface area contributed by atoms with E-state index in [0.717, 1.165) is 0 Å². The maximum Gasteiger partial charge on any atom is 0.315 e. The second kappa shape index (κ2) is 7.85. The summed E-state index contributed by atoms with van der Waals surface area (Å²) in [6, 6.07) is -0.976. The third-order valence-electron chi connectivity index (χ3n) is 3.98. The van der Waals surface area contributed by atoms with Crippen LogP contribution < -0.4 is 10.6 Å². The summed E-state index contributed by atoms with van der Waals surface area (Å²) in [6.45, 7) is 4.10. The minimum atomic E-state index is -0.764. The molecular weight excluding hydrogens is 274 g/mol. The van der Waals surface area contributed by atoms with Crippen LogP contribution >= 0.6 is 0 Å². The van der Waals surface area contributed by atoms with Crippen molar-refractivity contribution in [1.82, 2.24) is 15.5 Å². The van der Waals surface area contributed by atoms with Crippen LogP contribution in [0.5, 0.6) is 0 Å². The van der Waals surface area contributed by atoms with Crippen molar-refractivity contribution in [1.29, 1.82) is 0 Å². The summed E-state index contributed by atoms with van der Waals surface area (Å²) < 4.78 is 0. The van der Waals surface area contributed by atoms with Gasteiger partial charge in [0.05, 0.1) is 5.92 Å². The Morgan fingerprint density at radius 1 is 1.24 bits per heavy atom. The van der Waals surface area contributed by atoms with E-state index < -0.39 is 12.0 Å². The van der Waals surface area contributed by atoms with Gasteiger partial charge in [0.2, 0.25) is 5.91 Å². The maximum absolute atomic E-state index is 11.8. The first kappa shape index (κ1) is 17.3. The molecule has 0 saturated heterocycles. The van der Waals surface area contributed by atoms with Crippen LogP contribution in [0.25, 0.3) is 0 Å². The quantitative estimate of drug-likeness (QED) is 0.699. The predicted molar refractivity (Wildman–Crippen MR) is 77.8 cm³/mol. The number of urea groups is 1. The molecule has 1 aliphatic carbocycles. The van der Waals surface area contributed by atoms with Crippen LogP contribution in [-0.2, 0) is 9.59 Å². The van der Waals surface area contributed by atoms with E-state index in [4.69, 9.17) is 5.11 Å². The van der Waals surface area contributed by atoms with Gasteiger partial charge in [0.1, 0.15) is 6.04 Å². The van der Waals surface area contributed by atoms with Crippen LogP contribution in [0.3, 0.4) is 0 Å². The molecule has 7 heteroatoms. The number of nitrogens with zero attached hydrogens (tertiary/aromatic N) is 1. The number of rotatable bonds is 5. The molecule has 1 unspecified atom stereocenters. The lowest BCUT2D eigenvalue weighted by Gasteiger charge is -2.27. The Labute approximate surface area is 125 Å². The monoisotopic (exact) mass is 299 g/mol. The molecule has 7 nitrogen and oxygen atoms in total. The molecule has 3 N–H and O–H groups in total. The minimum absolute atomic E-state index is 0.0215. The van der Waals surface area contributed by atoms with E-state index in [1.807, 2.05) is 6.92 Å². The molecule has 1 fully saturated rings. The molecule has 0 radical (unpaired) electrons. The third kappa shape index (κ3) is 5.24. The van der Waals surface area contributed by atoms with Gasteiger partial charge in [0.25, 0.3) is 0 Å². The number of nitrogens with one attached hydrogen (secondary N) is 2. The molecule has 120 valence electrons. The molecule has 0 aromatic rings. The van der Waals surface area contributed by atoms with Crippen molar-refractivity contribution in [3.63, 3.8) is 0 Å². The Kier molecular flexibility index (Phi) is 6.45. The first-order valence-electron chi connectivity index (χ1n) is 7.40.